The number of alkyl halides is 4. The van der Waals surface area contributed by atoms with E-state index in [0.717, 1.165) is 12.3 Å². The van der Waals surface area contributed by atoms with E-state index in [2.05, 4.69) is 25.9 Å². The molecule has 0 N–H and O–H groups in total. The number of hydrogen-bond acceptors (Lipinski definition) is 3. The first-order valence-corrected chi connectivity index (χ1v) is 6.81. The second-order valence-electron chi connectivity index (χ2n) is 3.85. The molecular weight excluding hydrogens is 337 g/mol. The highest BCUT2D eigenvalue weighted by Crippen LogP contribution is 2.28. The zero-order valence-corrected chi connectivity index (χ0v) is 11.8. The SMILES string of the molecule is FC(F)(F)c1ccc(-c2ccc(OCCBr)cn2)cn1. The molecule has 0 aromatic carbocycles. The van der Waals surface area contributed by atoms with Gasteiger partial charge < -0.3 is 4.74 Å². The van der Waals surface area contributed by atoms with Crippen molar-refractivity contribution in [2.75, 3.05) is 11.9 Å². The Balaban J connectivity index is 2.15. The summed E-state index contributed by atoms with van der Waals surface area (Å²) in [5.74, 6) is 0.605. The topological polar surface area (TPSA) is 35.0 Å². The number of pyridine rings is 2. The highest BCUT2D eigenvalue weighted by molar-refractivity contribution is 9.09. The minimum atomic E-state index is -4.43. The molecule has 0 bridgehead atoms. The first-order valence-electron chi connectivity index (χ1n) is 5.69. The van der Waals surface area contributed by atoms with Gasteiger partial charge in [-0.05, 0) is 24.3 Å². The van der Waals surface area contributed by atoms with Gasteiger partial charge >= 0.3 is 6.18 Å². The monoisotopic (exact) mass is 346 g/mol. The molecule has 0 aliphatic heterocycles. The maximum Gasteiger partial charge on any atom is 0.433 e. The lowest BCUT2D eigenvalue weighted by Gasteiger charge is -2.07. The molecule has 0 amide bonds. The Morgan fingerprint density at radius 1 is 1.05 bits per heavy atom. The second kappa shape index (κ2) is 6.21. The first kappa shape index (κ1) is 14.8. The van der Waals surface area contributed by atoms with Gasteiger partial charge in [-0.3, -0.25) is 9.97 Å². The molecule has 0 radical (unpaired) electrons. The lowest BCUT2D eigenvalue weighted by Crippen LogP contribution is -2.07. The third kappa shape index (κ3) is 3.69. The summed E-state index contributed by atoms with van der Waals surface area (Å²) in [6, 6.07) is 5.67. The van der Waals surface area contributed by atoms with Crippen LogP contribution in [0.2, 0.25) is 0 Å². The summed E-state index contributed by atoms with van der Waals surface area (Å²) < 4.78 is 42.5. The molecular formula is C13H10BrF3N2O. The third-order valence-electron chi connectivity index (χ3n) is 2.43. The van der Waals surface area contributed by atoms with Gasteiger partial charge in [0.15, 0.2) is 0 Å². The smallest absolute Gasteiger partial charge is 0.433 e. The van der Waals surface area contributed by atoms with Gasteiger partial charge in [-0.2, -0.15) is 13.2 Å². The minimum absolute atomic E-state index is 0.517. The van der Waals surface area contributed by atoms with Gasteiger partial charge in [-0.1, -0.05) is 15.9 Å². The van der Waals surface area contributed by atoms with Gasteiger partial charge in [-0.25, -0.2) is 0 Å². The molecule has 0 atom stereocenters. The van der Waals surface area contributed by atoms with Crippen molar-refractivity contribution in [1.82, 2.24) is 9.97 Å². The predicted octanol–water partition coefficient (Wildman–Crippen LogP) is 3.94. The van der Waals surface area contributed by atoms with E-state index >= 15 is 0 Å². The van der Waals surface area contributed by atoms with Crippen LogP contribution in [0.25, 0.3) is 11.3 Å². The molecule has 2 aromatic rings. The molecule has 7 heteroatoms. The van der Waals surface area contributed by atoms with E-state index in [1.165, 1.54) is 12.3 Å². The van der Waals surface area contributed by atoms with Crippen molar-refractivity contribution in [3.63, 3.8) is 0 Å². The van der Waals surface area contributed by atoms with Crippen LogP contribution in [0.4, 0.5) is 13.2 Å². The molecule has 0 fully saturated rings. The van der Waals surface area contributed by atoms with Crippen molar-refractivity contribution >= 4 is 15.9 Å². The lowest BCUT2D eigenvalue weighted by molar-refractivity contribution is -0.141. The fourth-order valence-corrected chi connectivity index (χ4v) is 1.67. The van der Waals surface area contributed by atoms with E-state index < -0.39 is 11.9 Å². The van der Waals surface area contributed by atoms with Crippen molar-refractivity contribution < 1.29 is 17.9 Å². The van der Waals surface area contributed by atoms with Crippen molar-refractivity contribution in [2.45, 2.75) is 6.18 Å². The maximum absolute atomic E-state index is 12.4. The van der Waals surface area contributed by atoms with Crippen molar-refractivity contribution in [1.29, 1.82) is 0 Å². The molecule has 0 saturated carbocycles. The van der Waals surface area contributed by atoms with Crippen LogP contribution in [-0.4, -0.2) is 21.9 Å². The number of aromatic nitrogens is 2. The van der Waals surface area contributed by atoms with E-state index in [4.69, 9.17) is 4.74 Å². The Morgan fingerprint density at radius 3 is 2.35 bits per heavy atom. The van der Waals surface area contributed by atoms with Crippen molar-refractivity contribution in [2.24, 2.45) is 0 Å². The average Bonchev–Trinajstić information content (AvgIpc) is 2.45. The van der Waals surface area contributed by atoms with E-state index in [9.17, 15) is 13.2 Å². The quantitative estimate of drug-likeness (QED) is 0.786. The van der Waals surface area contributed by atoms with Crippen LogP contribution in [0.3, 0.4) is 0 Å². The largest absolute Gasteiger partial charge is 0.491 e. The number of rotatable bonds is 4. The standard InChI is InChI=1S/C13H10BrF3N2O/c14-5-6-20-10-2-3-11(18-8-10)9-1-4-12(19-7-9)13(15,16)17/h1-4,7-8H,5-6H2. The molecule has 20 heavy (non-hydrogen) atoms. The Kier molecular flexibility index (Phi) is 4.59. The number of halogens is 4. The van der Waals surface area contributed by atoms with E-state index in [1.807, 2.05) is 0 Å². The van der Waals surface area contributed by atoms with Crippen LogP contribution in [0.15, 0.2) is 36.7 Å². The summed E-state index contributed by atoms with van der Waals surface area (Å²) in [6.45, 7) is 0.517. The van der Waals surface area contributed by atoms with Crippen LogP contribution >= 0.6 is 15.9 Å². The summed E-state index contributed by atoms with van der Waals surface area (Å²) >= 11 is 3.24. The Labute approximate surface area is 122 Å². The Hall–Kier alpha value is -1.63. The zero-order valence-electron chi connectivity index (χ0n) is 10.2. The summed E-state index contributed by atoms with van der Waals surface area (Å²) in [6.07, 6.45) is -1.75. The molecule has 0 aliphatic rings. The molecule has 2 rings (SSSR count). The number of nitrogens with zero attached hydrogens (tertiary/aromatic N) is 2. The van der Waals surface area contributed by atoms with Gasteiger partial charge in [-0.15, -0.1) is 0 Å². The van der Waals surface area contributed by atoms with Crippen molar-refractivity contribution in [3.05, 3.63) is 42.4 Å². The van der Waals surface area contributed by atoms with E-state index in [1.54, 1.807) is 12.1 Å². The lowest BCUT2D eigenvalue weighted by atomic mass is 10.2. The highest BCUT2D eigenvalue weighted by Gasteiger charge is 2.32. The van der Waals surface area contributed by atoms with Crippen LogP contribution in [-0.2, 0) is 6.18 Å². The minimum Gasteiger partial charge on any atom is -0.491 e. The van der Waals surface area contributed by atoms with Crippen LogP contribution in [0.5, 0.6) is 5.75 Å². The molecule has 106 valence electrons. The second-order valence-corrected chi connectivity index (χ2v) is 4.64. The fraction of sp³-hybridized carbons (Fsp3) is 0.231. The zero-order chi connectivity index (χ0) is 14.6. The van der Waals surface area contributed by atoms with Crippen LogP contribution in [0.1, 0.15) is 5.69 Å². The van der Waals surface area contributed by atoms with Gasteiger partial charge in [0.05, 0.1) is 18.5 Å². The molecule has 0 unspecified atom stereocenters. The summed E-state index contributed by atoms with van der Waals surface area (Å²) in [7, 11) is 0. The number of ether oxygens (including phenoxy) is 1. The number of hydrogen-bond donors (Lipinski definition) is 0. The predicted molar refractivity (Wildman–Crippen MR) is 71.8 cm³/mol. The third-order valence-corrected chi connectivity index (χ3v) is 2.76. The van der Waals surface area contributed by atoms with Crippen LogP contribution in [0, 0.1) is 0 Å². The van der Waals surface area contributed by atoms with Gasteiger partial charge in [0.25, 0.3) is 0 Å². The molecule has 0 aliphatic carbocycles. The van der Waals surface area contributed by atoms with Crippen molar-refractivity contribution in [3.8, 4) is 17.0 Å². The molecule has 0 spiro atoms. The van der Waals surface area contributed by atoms with Crippen LogP contribution < -0.4 is 4.74 Å². The molecule has 3 nitrogen and oxygen atoms in total. The maximum atomic E-state index is 12.4. The molecule has 0 saturated heterocycles. The van der Waals surface area contributed by atoms with Gasteiger partial charge in [0.2, 0.25) is 0 Å². The van der Waals surface area contributed by atoms with Gasteiger partial charge in [0, 0.05) is 17.1 Å². The Morgan fingerprint density at radius 2 is 1.85 bits per heavy atom. The van der Waals surface area contributed by atoms with E-state index in [-0.39, 0.29) is 0 Å². The Bertz CT molecular complexity index is 555. The molecule has 2 aromatic heterocycles. The average molecular weight is 347 g/mol. The fourth-order valence-electron chi connectivity index (χ4n) is 1.51. The van der Waals surface area contributed by atoms with Gasteiger partial charge in [0.1, 0.15) is 11.4 Å². The normalized spacial score (nSPS) is 11.4. The first-order chi connectivity index (χ1) is 9.50. The molecule has 2 heterocycles. The summed E-state index contributed by atoms with van der Waals surface area (Å²) in [5, 5.41) is 0.706. The highest BCUT2D eigenvalue weighted by atomic mass is 79.9. The van der Waals surface area contributed by atoms with E-state index in [0.29, 0.717) is 28.9 Å². The summed E-state index contributed by atoms with van der Waals surface area (Å²) in [4.78, 5) is 7.53. The summed E-state index contributed by atoms with van der Waals surface area (Å²) in [5.41, 5.74) is 0.140.